The van der Waals surface area contributed by atoms with Gasteiger partial charge in [-0.25, -0.2) is 0 Å². The maximum Gasteiger partial charge on any atom is 0.265 e. The summed E-state index contributed by atoms with van der Waals surface area (Å²) in [6.45, 7) is 1.63. The summed E-state index contributed by atoms with van der Waals surface area (Å²) in [5.74, 6) is 0.262. The fourth-order valence-electron chi connectivity index (χ4n) is 2.29. The quantitative estimate of drug-likeness (QED) is 0.745. The van der Waals surface area contributed by atoms with Crippen molar-refractivity contribution >= 4 is 46.4 Å². The second-order valence-corrected chi connectivity index (χ2v) is 7.01. The van der Waals surface area contributed by atoms with E-state index in [9.17, 15) is 9.59 Å². The van der Waals surface area contributed by atoms with Gasteiger partial charge in [-0.1, -0.05) is 23.2 Å². The molecule has 1 aliphatic carbocycles. The van der Waals surface area contributed by atoms with E-state index in [0.29, 0.717) is 27.2 Å². The maximum absolute atomic E-state index is 12.3. The smallest absolute Gasteiger partial charge is 0.265 e. The lowest BCUT2D eigenvalue weighted by atomic mass is 10.2. The summed E-state index contributed by atoms with van der Waals surface area (Å²) in [5, 5.41) is 6.45. The number of benzene rings is 2. The van der Waals surface area contributed by atoms with Crippen LogP contribution in [-0.4, -0.2) is 17.9 Å². The van der Waals surface area contributed by atoms with Gasteiger partial charge in [-0.2, -0.15) is 0 Å². The first-order chi connectivity index (χ1) is 12.4. The summed E-state index contributed by atoms with van der Waals surface area (Å²) in [7, 11) is 0. The molecule has 0 spiro atoms. The molecule has 0 radical (unpaired) electrons. The van der Waals surface area contributed by atoms with Gasteiger partial charge in [0.25, 0.3) is 5.91 Å². The molecule has 0 bridgehead atoms. The first-order valence-corrected chi connectivity index (χ1v) is 9.01. The first-order valence-electron chi connectivity index (χ1n) is 8.26. The Hall–Kier alpha value is -2.24. The van der Waals surface area contributed by atoms with Crippen LogP contribution in [-0.2, 0) is 9.59 Å². The Balaban J connectivity index is 1.55. The van der Waals surface area contributed by atoms with E-state index in [1.165, 1.54) is 0 Å². The summed E-state index contributed by atoms with van der Waals surface area (Å²) in [6.07, 6.45) is 1.16. The molecule has 1 saturated carbocycles. The number of anilines is 2. The molecule has 2 aromatic carbocycles. The topological polar surface area (TPSA) is 67.4 Å². The average molecular weight is 393 g/mol. The van der Waals surface area contributed by atoms with Gasteiger partial charge in [-0.05, 0) is 62.2 Å². The summed E-state index contributed by atoms with van der Waals surface area (Å²) in [6, 6.07) is 11.8. The normalized spacial score (nSPS) is 14.4. The van der Waals surface area contributed by atoms with Crippen LogP contribution < -0.4 is 15.4 Å². The summed E-state index contributed by atoms with van der Waals surface area (Å²) >= 11 is 11.9. The second-order valence-electron chi connectivity index (χ2n) is 6.16. The van der Waals surface area contributed by atoms with Crippen LogP contribution in [0.3, 0.4) is 0 Å². The Morgan fingerprint density at radius 2 is 1.65 bits per heavy atom. The Morgan fingerprint density at radius 1 is 1.04 bits per heavy atom. The minimum Gasteiger partial charge on any atom is -0.479 e. The molecule has 0 saturated heterocycles. The number of ether oxygens (including phenoxy) is 1. The molecule has 2 aromatic rings. The van der Waals surface area contributed by atoms with Crippen molar-refractivity contribution in [2.45, 2.75) is 25.9 Å². The molecule has 0 heterocycles. The monoisotopic (exact) mass is 392 g/mol. The highest BCUT2D eigenvalue weighted by molar-refractivity contribution is 6.35. The van der Waals surface area contributed by atoms with Crippen molar-refractivity contribution in [3.63, 3.8) is 0 Å². The number of hydrogen-bond acceptors (Lipinski definition) is 3. The van der Waals surface area contributed by atoms with Gasteiger partial charge < -0.3 is 15.4 Å². The minimum absolute atomic E-state index is 0.0450. The molecule has 7 heteroatoms. The van der Waals surface area contributed by atoms with E-state index in [0.717, 1.165) is 12.8 Å². The first kappa shape index (κ1) is 18.5. The molecular weight excluding hydrogens is 375 g/mol. The van der Waals surface area contributed by atoms with E-state index in [4.69, 9.17) is 27.9 Å². The van der Waals surface area contributed by atoms with Crippen molar-refractivity contribution in [1.82, 2.24) is 0 Å². The molecular formula is C19H18Cl2N2O3. The number of carbonyl (C=O) groups is 2. The highest BCUT2D eigenvalue weighted by atomic mass is 35.5. The van der Waals surface area contributed by atoms with Crippen LogP contribution in [0.15, 0.2) is 42.5 Å². The summed E-state index contributed by atoms with van der Waals surface area (Å²) in [4.78, 5) is 24.0. The standard InChI is InChI=1S/C19H18Cl2N2O3/c1-11(26-17-9-4-13(20)10-16(17)21)18(24)22-14-5-7-15(8-6-14)23-19(25)12-2-3-12/h4-12H,2-3H2,1H3,(H,22,24)(H,23,25). The molecule has 0 aliphatic heterocycles. The minimum atomic E-state index is -0.747. The number of halogens is 2. The highest BCUT2D eigenvalue weighted by Crippen LogP contribution is 2.30. The van der Waals surface area contributed by atoms with E-state index in [1.54, 1.807) is 49.4 Å². The molecule has 3 rings (SSSR count). The van der Waals surface area contributed by atoms with E-state index < -0.39 is 6.10 Å². The number of rotatable bonds is 6. The van der Waals surface area contributed by atoms with Gasteiger partial charge in [0.2, 0.25) is 5.91 Å². The van der Waals surface area contributed by atoms with Crippen molar-refractivity contribution in [1.29, 1.82) is 0 Å². The van der Waals surface area contributed by atoms with E-state index in [-0.39, 0.29) is 17.7 Å². The van der Waals surface area contributed by atoms with Crippen LogP contribution in [0.4, 0.5) is 11.4 Å². The summed E-state index contributed by atoms with van der Waals surface area (Å²) in [5.41, 5.74) is 1.31. The van der Waals surface area contributed by atoms with Crippen molar-refractivity contribution < 1.29 is 14.3 Å². The van der Waals surface area contributed by atoms with Crippen molar-refractivity contribution in [2.75, 3.05) is 10.6 Å². The largest absolute Gasteiger partial charge is 0.479 e. The molecule has 1 fully saturated rings. The predicted molar refractivity (Wildman–Crippen MR) is 103 cm³/mol. The van der Waals surface area contributed by atoms with Crippen molar-refractivity contribution in [3.8, 4) is 5.75 Å². The molecule has 26 heavy (non-hydrogen) atoms. The molecule has 136 valence electrons. The van der Waals surface area contributed by atoms with Crippen molar-refractivity contribution in [3.05, 3.63) is 52.5 Å². The number of carbonyl (C=O) groups excluding carboxylic acids is 2. The fourth-order valence-corrected chi connectivity index (χ4v) is 2.74. The lowest BCUT2D eigenvalue weighted by molar-refractivity contribution is -0.122. The third-order valence-corrected chi connectivity index (χ3v) is 4.47. The molecule has 2 amide bonds. The number of amides is 2. The summed E-state index contributed by atoms with van der Waals surface area (Å²) < 4.78 is 5.58. The van der Waals surface area contributed by atoms with Crippen LogP contribution in [0, 0.1) is 5.92 Å². The van der Waals surface area contributed by atoms with Crippen LogP contribution in [0.25, 0.3) is 0 Å². The van der Waals surface area contributed by atoms with Crippen LogP contribution in [0.2, 0.25) is 10.0 Å². The van der Waals surface area contributed by atoms with Gasteiger partial charge in [0.15, 0.2) is 6.10 Å². The SMILES string of the molecule is CC(Oc1ccc(Cl)cc1Cl)C(=O)Nc1ccc(NC(=O)C2CC2)cc1. The maximum atomic E-state index is 12.3. The molecule has 1 aliphatic rings. The third kappa shape index (κ3) is 4.90. The van der Waals surface area contributed by atoms with Gasteiger partial charge in [0, 0.05) is 22.3 Å². The molecule has 1 unspecified atom stereocenters. The molecule has 2 N–H and O–H groups in total. The number of hydrogen-bond donors (Lipinski definition) is 2. The second kappa shape index (κ2) is 7.98. The lowest BCUT2D eigenvalue weighted by Crippen LogP contribution is -2.30. The average Bonchev–Trinajstić information content (AvgIpc) is 3.44. The number of nitrogens with one attached hydrogen (secondary N) is 2. The van der Waals surface area contributed by atoms with Gasteiger partial charge >= 0.3 is 0 Å². The zero-order chi connectivity index (χ0) is 18.7. The molecule has 0 aromatic heterocycles. The molecule has 5 nitrogen and oxygen atoms in total. The Labute approximate surface area is 161 Å². The van der Waals surface area contributed by atoms with Gasteiger partial charge in [-0.15, -0.1) is 0 Å². The Morgan fingerprint density at radius 3 is 2.23 bits per heavy atom. The van der Waals surface area contributed by atoms with Gasteiger partial charge in [-0.3, -0.25) is 9.59 Å². The zero-order valence-electron chi connectivity index (χ0n) is 14.1. The highest BCUT2D eigenvalue weighted by Gasteiger charge is 2.29. The van der Waals surface area contributed by atoms with Crippen LogP contribution in [0.1, 0.15) is 19.8 Å². The van der Waals surface area contributed by atoms with E-state index in [2.05, 4.69) is 10.6 Å². The fraction of sp³-hybridized carbons (Fsp3) is 0.263. The van der Waals surface area contributed by atoms with E-state index in [1.807, 2.05) is 0 Å². The zero-order valence-corrected chi connectivity index (χ0v) is 15.6. The molecule has 1 atom stereocenters. The van der Waals surface area contributed by atoms with Crippen LogP contribution >= 0.6 is 23.2 Å². The lowest BCUT2D eigenvalue weighted by Gasteiger charge is -2.16. The Bertz CT molecular complexity index is 820. The van der Waals surface area contributed by atoms with Crippen LogP contribution in [0.5, 0.6) is 5.75 Å². The van der Waals surface area contributed by atoms with Gasteiger partial charge in [0.1, 0.15) is 5.75 Å². The van der Waals surface area contributed by atoms with Crippen molar-refractivity contribution in [2.24, 2.45) is 5.92 Å². The Kier molecular flexibility index (Phi) is 5.69. The predicted octanol–water partition coefficient (Wildman–Crippen LogP) is 4.75. The van der Waals surface area contributed by atoms with Gasteiger partial charge in [0.05, 0.1) is 5.02 Å². The van der Waals surface area contributed by atoms with E-state index >= 15 is 0 Å². The third-order valence-electron chi connectivity index (χ3n) is 3.94.